The lowest BCUT2D eigenvalue weighted by atomic mass is 10.1. The minimum Gasteiger partial charge on any atom is -0.871 e. The Bertz CT molecular complexity index is 2020. The van der Waals surface area contributed by atoms with Gasteiger partial charge in [0.1, 0.15) is 24.8 Å². The molecule has 4 aromatic rings. The van der Waals surface area contributed by atoms with Gasteiger partial charge in [0.2, 0.25) is 25.5 Å². The maximum absolute atomic E-state index is 12.7. The van der Waals surface area contributed by atoms with Crippen LogP contribution in [0.1, 0.15) is 15.9 Å². The Kier molecular flexibility index (Phi) is 7.87. The van der Waals surface area contributed by atoms with E-state index >= 15 is 0 Å². The van der Waals surface area contributed by atoms with Gasteiger partial charge >= 0.3 is 0 Å². The van der Waals surface area contributed by atoms with Crippen molar-refractivity contribution < 1.29 is 40.6 Å². The summed E-state index contributed by atoms with van der Waals surface area (Å²) in [5.74, 6) is -1.70. The molecule has 6 rings (SSSR count). The van der Waals surface area contributed by atoms with Gasteiger partial charge in [-0.25, -0.2) is 26.0 Å². The Morgan fingerprint density at radius 2 is 1.19 bits per heavy atom. The van der Waals surface area contributed by atoms with Crippen LogP contribution < -0.4 is 14.2 Å². The second-order valence-corrected chi connectivity index (χ2v) is 13.6. The number of hydrogen-bond acceptors (Lipinski definition) is 7. The monoisotopic (exact) mass is 615 g/mol. The maximum atomic E-state index is 12.7. The minimum atomic E-state index is -4.08. The molecule has 0 unspecified atom stereocenters. The van der Waals surface area contributed by atoms with Gasteiger partial charge in [-0.2, -0.15) is 0 Å². The quantitative estimate of drug-likeness (QED) is 0.196. The van der Waals surface area contributed by atoms with E-state index in [2.05, 4.69) is 49.1 Å². The topological polar surface area (TPSA) is 125 Å². The van der Waals surface area contributed by atoms with Crippen LogP contribution in [0.3, 0.4) is 0 Å². The van der Waals surface area contributed by atoms with E-state index in [9.17, 15) is 26.7 Å². The zero-order valence-corrected chi connectivity index (χ0v) is 25.1. The van der Waals surface area contributed by atoms with E-state index in [1.54, 1.807) is 12.1 Å². The smallest absolute Gasteiger partial charge is 0.211 e. The van der Waals surface area contributed by atoms with Gasteiger partial charge in [0.15, 0.2) is 24.8 Å². The number of carbonyl (C=O) groups is 1. The number of fused-ring (bicyclic) bond motifs is 2. The van der Waals surface area contributed by atoms with Gasteiger partial charge in [0, 0.05) is 35.9 Å². The molecule has 0 saturated carbocycles. The number of carbonyl (C=O) groups excluding carboxylic acids is 1. The van der Waals surface area contributed by atoms with Gasteiger partial charge < -0.3 is 9.84 Å². The number of allylic oxidation sites excluding steroid dienone is 3. The first-order valence-electron chi connectivity index (χ1n) is 13.0. The Morgan fingerprint density at radius 1 is 0.721 bits per heavy atom. The molecule has 0 bridgehead atoms. The van der Waals surface area contributed by atoms with Gasteiger partial charge in [0.25, 0.3) is 0 Å². The number of pyridine rings is 2. The lowest BCUT2D eigenvalue weighted by Crippen LogP contribution is -2.26. The first kappa shape index (κ1) is 29.6. The SMILES string of the molecule is COC(=CC1=C([O-])c2ccccc2S1(=O)=O)C=C1C(=O)c2ccccc2S1(=O)=O.C[n+]1ccc(-c2cc[n+](C)cc2)cc1. The number of ketones is 1. The molecular formula is C32H27N2O7S2+. The van der Waals surface area contributed by atoms with Gasteiger partial charge in [-0.3, -0.25) is 4.79 Å². The molecule has 2 aromatic carbocycles. The molecule has 43 heavy (non-hydrogen) atoms. The lowest BCUT2D eigenvalue weighted by Gasteiger charge is -2.09. The first-order chi connectivity index (χ1) is 20.4. The molecule has 9 nitrogen and oxygen atoms in total. The number of benzene rings is 2. The summed E-state index contributed by atoms with van der Waals surface area (Å²) in [4.78, 5) is 11.2. The molecule has 0 spiro atoms. The molecular weight excluding hydrogens is 588 g/mol. The average molecular weight is 616 g/mol. The van der Waals surface area contributed by atoms with E-state index < -0.39 is 41.0 Å². The molecule has 4 heterocycles. The maximum Gasteiger partial charge on any atom is 0.211 e. The standard InChI is InChI=1S/C20H14O7S2.C12H14N2/c1-27-12(10-17-19(21)13-6-2-4-8-15(13)28(17,23)24)11-18-20(22)14-7-3-5-9-16(14)29(18,25)26;1-13-7-3-11(4-8-13)12-5-9-14(2)10-6-12/h2-11,21H,1H3;3-10H,1-2H3/q;+2/p-1. The summed E-state index contributed by atoms with van der Waals surface area (Å²) in [6.45, 7) is 0. The van der Waals surface area contributed by atoms with Crippen LogP contribution in [0, 0.1) is 0 Å². The molecule has 0 atom stereocenters. The van der Waals surface area contributed by atoms with Gasteiger partial charge in [-0.05, 0) is 41.0 Å². The molecule has 2 aliphatic heterocycles. The highest BCUT2D eigenvalue weighted by atomic mass is 32.2. The predicted molar refractivity (Wildman–Crippen MR) is 156 cm³/mol. The summed E-state index contributed by atoms with van der Waals surface area (Å²) in [6, 6.07) is 20.0. The second kappa shape index (κ2) is 11.4. The normalized spacial score (nSPS) is 17.2. The number of hydrogen-bond donors (Lipinski definition) is 0. The fraction of sp³-hybridized carbons (Fsp3) is 0.0938. The summed E-state index contributed by atoms with van der Waals surface area (Å²) in [5.41, 5.74) is 2.56. The van der Waals surface area contributed by atoms with Crippen molar-refractivity contribution in [3.05, 3.63) is 136 Å². The zero-order valence-electron chi connectivity index (χ0n) is 23.5. The summed E-state index contributed by atoms with van der Waals surface area (Å²) in [5, 5.41) is 12.5. The van der Waals surface area contributed by atoms with Gasteiger partial charge in [-0.15, -0.1) is 0 Å². The number of ether oxygens (including phenoxy) is 1. The number of nitrogens with zero attached hydrogens (tertiary/aromatic N) is 2. The molecule has 11 heteroatoms. The number of aromatic nitrogens is 2. The van der Waals surface area contributed by atoms with Crippen LogP contribution in [-0.2, 0) is 38.5 Å². The zero-order chi connectivity index (χ0) is 30.9. The summed E-state index contributed by atoms with van der Waals surface area (Å²) in [6.07, 6.45) is 10.1. The van der Waals surface area contributed by atoms with E-state index in [4.69, 9.17) is 4.74 Å². The summed E-state index contributed by atoms with van der Waals surface area (Å²) < 4.78 is 59.9. The molecule has 0 saturated heterocycles. The van der Waals surface area contributed by atoms with Crippen molar-refractivity contribution in [3.8, 4) is 11.1 Å². The molecule has 0 aliphatic carbocycles. The number of sulfone groups is 2. The van der Waals surface area contributed by atoms with E-state index in [0.29, 0.717) is 0 Å². The summed E-state index contributed by atoms with van der Waals surface area (Å²) >= 11 is 0. The van der Waals surface area contributed by atoms with Crippen molar-refractivity contribution in [2.75, 3.05) is 7.11 Å². The Balaban J connectivity index is 0.000000220. The Morgan fingerprint density at radius 3 is 1.65 bits per heavy atom. The van der Waals surface area contributed by atoms with Crippen LogP contribution in [0.25, 0.3) is 16.9 Å². The number of aryl methyl sites for hydroxylation is 2. The number of Topliss-reactive ketones (excluding diaryl/α,β-unsaturated/α-hetero) is 1. The van der Waals surface area contributed by atoms with Crippen LogP contribution in [-0.4, -0.2) is 29.7 Å². The van der Waals surface area contributed by atoms with E-state index in [0.717, 1.165) is 12.2 Å². The van der Waals surface area contributed by atoms with Crippen LogP contribution >= 0.6 is 0 Å². The van der Waals surface area contributed by atoms with E-state index in [-0.39, 0.29) is 26.7 Å². The van der Waals surface area contributed by atoms with Crippen LogP contribution in [0.2, 0.25) is 0 Å². The average Bonchev–Trinajstić information content (AvgIpc) is 3.32. The third-order valence-corrected chi connectivity index (χ3v) is 10.6. The van der Waals surface area contributed by atoms with Crippen LogP contribution in [0.15, 0.2) is 135 Å². The Hall–Kier alpha value is -4.87. The molecule has 0 N–H and O–H groups in total. The van der Waals surface area contributed by atoms with Crippen molar-refractivity contribution in [2.45, 2.75) is 9.79 Å². The fourth-order valence-electron chi connectivity index (χ4n) is 4.61. The highest BCUT2D eigenvalue weighted by Crippen LogP contribution is 2.38. The van der Waals surface area contributed by atoms with Crippen molar-refractivity contribution >= 4 is 31.2 Å². The highest BCUT2D eigenvalue weighted by Gasteiger charge is 2.39. The van der Waals surface area contributed by atoms with Crippen molar-refractivity contribution in [3.63, 3.8) is 0 Å². The van der Waals surface area contributed by atoms with Gasteiger partial charge in [-0.1, -0.05) is 36.1 Å². The van der Waals surface area contributed by atoms with E-state index in [1.165, 1.54) is 54.6 Å². The third kappa shape index (κ3) is 5.52. The summed E-state index contributed by atoms with van der Waals surface area (Å²) in [7, 11) is -2.94. The highest BCUT2D eigenvalue weighted by molar-refractivity contribution is 7.97. The first-order valence-corrected chi connectivity index (χ1v) is 15.9. The van der Waals surface area contributed by atoms with Crippen LogP contribution in [0.4, 0.5) is 0 Å². The number of rotatable bonds is 4. The predicted octanol–water partition coefficient (Wildman–Crippen LogP) is 2.59. The number of methoxy groups -OCH3 is 1. The van der Waals surface area contributed by atoms with Gasteiger partial charge in [0.05, 0.1) is 21.8 Å². The second-order valence-electron chi connectivity index (χ2n) is 9.79. The van der Waals surface area contributed by atoms with Crippen molar-refractivity contribution in [1.29, 1.82) is 0 Å². The lowest BCUT2D eigenvalue weighted by molar-refractivity contribution is -0.671. The minimum absolute atomic E-state index is 0.0267. The molecule has 2 aliphatic rings. The molecule has 0 amide bonds. The van der Waals surface area contributed by atoms with E-state index in [1.807, 2.05) is 23.2 Å². The Labute approximate surface area is 249 Å². The third-order valence-electron chi connectivity index (χ3n) is 6.94. The van der Waals surface area contributed by atoms with Crippen LogP contribution in [0.5, 0.6) is 0 Å². The molecule has 218 valence electrons. The molecule has 0 fully saturated rings. The molecule has 0 radical (unpaired) electrons. The van der Waals surface area contributed by atoms with Crippen molar-refractivity contribution in [1.82, 2.24) is 0 Å². The van der Waals surface area contributed by atoms with Crippen molar-refractivity contribution in [2.24, 2.45) is 14.1 Å². The molecule has 2 aromatic heterocycles. The largest absolute Gasteiger partial charge is 0.871 e. The fourth-order valence-corrected chi connectivity index (χ4v) is 7.76.